The van der Waals surface area contributed by atoms with Crippen LogP contribution in [0.1, 0.15) is 52.7 Å². The predicted octanol–water partition coefficient (Wildman–Crippen LogP) is 2.85. The van der Waals surface area contributed by atoms with Crippen LogP contribution >= 0.6 is 0 Å². The molecule has 1 aromatic rings. The van der Waals surface area contributed by atoms with Crippen LogP contribution in [0.5, 0.6) is 0 Å². The second kappa shape index (κ2) is 11.0. The predicted molar refractivity (Wildman–Crippen MR) is 137 cm³/mol. The van der Waals surface area contributed by atoms with Crippen molar-refractivity contribution in [2.75, 3.05) is 65.4 Å². The Balaban J connectivity index is 1.64. The Labute approximate surface area is 205 Å². The highest BCUT2D eigenvalue weighted by atomic mass is 16.2. The maximum atomic E-state index is 13.0. The third-order valence-electron chi connectivity index (χ3n) is 7.36. The van der Waals surface area contributed by atoms with Crippen LogP contribution in [-0.4, -0.2) is 97.1 Å². The number of nitrogens with one attached hydrogen (secondary N) is 2. The third-order valence-corrected chi connectivity index (χ3v) is 7.36. The molecule has 2 aliphatic heterocycles. The van der Waals surface area contributed by atoms with Gasteiger partial charge in [0.2, 0.25) is 0 Å². The molecule has 0 aromatic heterocycles. The van der Waals surface area contributed by atoms with Crippen molar-refractivity contribution in [3.05, 3.63) is 35.4 Å². The summed E-state index contributed by atoms with van der Waals surface area (Å²) in [6, 6.07) is 8.15. The molecule has 3 rings (SSSR count). The fraction of sp³-hybridized carbons (Fsp3) is 0.692. The molecule has 0 unspecified atom stereocenters. The molecule has 8 heteroatoms. The highest BCUT2D eigenvalue weighted by Gasteiger charge is 2.31. The van der Waals surface area contributed by atoms with Crippen molar-refractivity contribution in [3.8, 4) is 0 Å². The highest BCUT2D eigenvalue weighted by molar-refractivity contribution is 5.76. The molecule has 2 saturated heterocycles. The Bertz CT molecular complexity index is 774. The molecular weight excluding hydrogens is 428 g/mol. The van der Waals surface area contributed by atoms with Crippen LogP contribution in [0, 0.1) is 0 Å². The molecule has 0 spiro atoms. The smallest absolute Gasteiger partial charge is 0.318 e. The molecule has 2 aliphatic rings. The summed E-state index contributed by atoms with van der Waals surface area (Å²) in [7, 11) is 0. The van der Waals surface area contributed by atoms with Gasteiger partial charge in [0, 0.05) is 52.4 Å². The monoisotopic (exact) mass is 472 g/mol. The molecule has 0 radical (unpaired) electrons. The molecule has 190 valence electrons. The van der Waals surface area contributed by atoms with Gasteiger partial charge in [-0.1, -0.05) is 38.1 Å². The first-order valence-electron chi connectivity index (χ1n) is 12.8. The minimum Gasteiger partial charge on any atom is -0.329 e. The lowest BCUT2D eigenvalue weighted by molar-refractivity contribution is 0.137. The minimum absolute atomic E-state index is 0.0232. The summed E-state index contributed by atoms with van der Waals surface area (Å²) in [4.78, 5) is 34.4. The van der Waals surface area contributed by atoms with Gasteiger partial charge in [0.25, 0.3) is 0 Å². The molecule has 0 atom stereocenters. The number of hydrogen-bond acceptors (Lipinski definition) is 4. The quantitative estimate of drug-likeness (QED) is 0.668. The van der Waals surface area contributed by atoms with Crippen molar-refractivity contribution < 1.29 is 9.59 Å². The van der Waals surface area contributed by atoms with Crippen LogP contribution in [-0.2, 0) is 11.1 Å². The summed E-state index contributed by atoms with van der Waals surface area (Å²) in [5, 5.41) is 6.45. The van der Waals surface area contributed by atoms with Gasteiger partial charge in [-0.3, -0.25) is 0 Å². The molecule has 2 heterocycles. The van der Waals surface area contributed by atoms with Gasteiger partial charge in [0.15, 0.2) is 0 Å². The van der Waals surface area contributed by atoms with Crippen molar-refractivity contribution in [2.45, 2.75) is 52.6 Å². The Morgan fingerprint density at radius 2 is 1.06 bits per heavy atom. The first-order chi connectivity index (χ1) is 16.1. The number of carbonyl (C=O) groups excluding carboxylic acids is 2. The number of benzene rings is 1. The Morgan fingerprint density at radius 1 is 0.706 bits per heavy atom. The zero-order chi connectivity index (χ0) is 24.9. The fourth-order valence-electron chi connectivity index (χ4n) is 4.67. The number of hydrogen-bond donors (Lipinski definition) is 2. The van der Waals surface area contributed by atoms with E-state index >= 15 is 0 Å². The Hall–Kier alpha value is -2.32. The van der Waals surface area contributed by atoms with E-state index in [9.17, 15) is 9.59 Å². The van der Waals surface area contributed by atoms with Crippen LogP contribution in [0.15, 0.2) is 24.3 Å². The van der Waals surface area contributed by atoms with E-state index in [1.165, 1.54) is 0 Å². The molecule has 0 saturated carbocycles. The second-order valence-corrected chi connectivity index (χ2v) is 10.5. The minimum atomic E-state index is -0.536. The average Bonchev–Trinajstić information content (AvgIpc) is 2.83. The van der Waals surface area contributed by atoms with Crippen LogP contribution in [0.4, 0.5) is 9.59 Å². The van der Waals surface area contributed by atoms with Gasteiger partial charge in [-0.05, 0) is 51.9 Å². The maximum absolute atomic E-state index is 13.0. The zero-order valence-electron chi connectivity index (χ0n) is 22.0. The van der Waals surface area contributed by atoms with E-state index in [4.69, 9.17) is 0 Å². The second-order valence-electron chi connectivity index (χ2n) is 10.5. The number of likely N-dealkylation sites (N-methyl/N-ethyl adjacent to an activating group) is 2. The first kappa shape index (κ1) is 26.3. The maximum Gasteiger partial charge on any atom is 0.318 e. The number of rotatable bonds is 6. The molecular formula is C26H44N6O2. The summed E-state index contributed by atoms with van der Waals surface area (Å²) in [6.45, 7) is 21.2. The van der Waals surface area contributed by atoms with Crippen LogP contribution in [0.2, 0.25) is 0 Å². The van der Waals surface area contributed by atoms with E-state index in [2.05, 4.69) is 40.3 Å². The average molecular weight is 473 g/mol. The van der Waals surface area contributed by atoms with Crippen molar-refractivity contribution in [1.82, 2.24) is 30.2 Å². The standard InChI is InChI=1S/C26H44N6O2/c1-7-29-12-16-31(17-13-29)23(33)27-25(3,4)21-10-9-11-22(20-21)26(5,6)28-24(34)32-18-14-30(8-2)15-19-32/h9-11,20H,7-8,12-19H2,1-6H3,(H,27,33)(H,28,34). The number of carbonyl (C=O) groups is 2. The van der Waals surface area contributed by atoms with E-state index < -0.39 is 11.1 Å². The largest absolute Gasteiger partial charge is 0.329 e. The van der Waals surface area contributed by atoms with Crippen LogP contribution in [0.25, 0.3) is 0 Å². The molecule has 0 bridgehead atoms. The Morgan fingerprint density at radius 3 is 1.38 bits per heavy atom. The van der Waals surface area contributed by atoms with Crippen molar-refractivity contribution in [1.29, 1.82) is 0 Å². The van der Waals surface area contributed by atoms with Crippen molar-refractivity contribution in [2.24, 2.45) is 0 Å². The topological polar surface area (TPSA) is 71.2 Å². The molecule has 1 aromatic carbocycles. The number of nitrogens with zero attached hydrogens (tertiary/aromatic N) is 4. The summed E-state index contributed by atoms with van der Waals surface area (Å²) >= 11 is 0. The van der Waals surface area contributed by atoms with Crippen molar-refractivity contribution >= 4 is 12.1 Å². The van der Waals surface area contributed by atoms with Crippen LogP contribution < -0.4 is 10.6 Å². The van der Waals surface area contributed by atoms with Gasteiger partial charge >= 0.3 is 12.1 Å². The molecule has 0 aliphatic carbocycles. The van der Waals surface area contributed by atoms with Gasteiger partial charge < -0.3 is 30.2 Å². The number of piperazine rings is 2. The molecule has 8 nitrogen and oxygen atoms in total. The summed E-state index contributed by atoms with van der Waals surface area (Å²) in [6.07, 6.45) is 0. The van der Waals surface area contributed by atoms with E-state index in [0.717, 1.165) is 76.6 Å². The van der Waals surface area contributed by atoms with E-state index in [0.29, 0.717) is 0 Å². The van der Waals surface area contributed by atoms with Gasteiger partial charge in [0.1, 0.15) is 0 Å². The van der Waals surface area contributed by atoms with Gasteiger partial charge in [-0.2, -0.15) is 0 Å². The molecule has 2 fully saturated rings. The summed E-state index contributed by atoms with van der Waals surface area (Å²) < 4.78 is 0. The van der Waals surface area contributed by atoms with Gasteiger partial charge in [0.05, 0.1) is 11.1 Å². The molecule has 2 N–H and O–H groups in total. The molecule has 34 heavy (non-hydrogen) atoms. The third kappa shape index (κ3) is 6.42. The molecule has 4 amide bonds. The van der Waals surface area contributed by atoms with Crippen LogP contribution in [0.3, 0.4) is 0 Å². The van der Waals surface area contributed by atoms with E-state index in [1.807, 2.05) is 55.7 Å². The summed E-state index contributed by atoms with van der Waals surface area (Å²) in [5.74, 6) is 0. The van der Waals surface area contributed by atoms with E-state index in [-0.39, 0.29) is 12.1 Å². The first-order valence-corrected chi connectivity index (χ1v) is 12.8. The lowest BCUT2D eigenvalue weighted by Gasteiger charge is -2.38. The SMILES string of the molecule is CCN1CCN(C(=O)NC(C)(C)c2cccc(C(C)(C)NC(=O)N3CCN(CC)CC3)c2)CC1. The van der Waals surface area contributed by atoms with Gasteiger partial charge in [-0.25, -0.2) is 9.59 Å². The summed E-state index contributed by atoms with van der Waals surface area (Å²) in [5.41, 5.74) is 0.964. The lowest BCUT2D eigenvalue weighted by Crippen LogP contribution is -2.55. The highest BCUT2D eigenvalue weighted by Crippen LogP contribution is 2.27. The Kier molecular flexibility index (Phi) is 8.47. The fourth-order valence-corrected chi connectivity index (χ4v) is 4.67. The van der Waals surface area contributed by atoms with Gasteiger partial charge in [-0.15, -0.1) is 0 Å². The zero-order valence-corrected chi connectivity index (χ0v) is 22.0. The lowest BCUT2D eigenvalue weighted by atomic mass is 9.87. The van der Waals surface area contributed by atoms with Crippen molar-refractivity contribution in [3.63, 3.8) is 0 Å². The van der Waals surface area contributed by atoms with E-state index in [1.54, 1.807) is 0 Å². The normalized spacial score (nSPS) is 18.6. The number of urea groups is 2. The number of amides is 4.